The molecule has 0 N–H and O–H groups in total. The van der Waals surface area contributed by atoms with Gasteiger partial charge in [0, 0.05) is 0 Å². The lowest BCUT2D eigenvalue weighted by molar-refractivity contribution is -0.166. The van der Waals surface area contributed by atoms with E-state index in [1.165, 1.54) is 6.42 Å². The van der Waals surface area contributed by atoms with Gasteiger partial charge in [0.25, 0.3) is 0 Å². The Kier molecular flexibility index (Phi) is 6.05. The average Bonchev–Trinajstić information content (AvgIpc) is 2.37. The lowest BCUT2D eigenvalue weighted by Crippen LogP contribution is -2.39. The highest BCUT2D eigenvalue weighted by atomic mass is 16.6. The molecule has 0 aromatic heterocycles. The van der Waals surface area contributed by atoms with Crippen molar-refractivity contribution in [1.29, 1.82) is 0 Å². The van der Waals surface area contributed by atoms with Crippen molar-refractivity contribution >= 4 is 11.9 Å². The quantitative estimate of drug-likeness (QED) is 0.712. The minimum Gasteiger partial charge on any atom is -0.465 e. The number of hydrogen-bond donors (Lipinski definition) is 0. The fourth-order valence-electron chi connectivity index (χ4n) is 2.44. The topological polar surface area (TPSA) is 52.6 Å². The van der Waals surface area contributed by atoms with Crippen LogP contribution in [0.25, 0.3) is 0 Å². The van der Waals surface area contributed by atoms with Crippen LogP contribution in [0.4, 0.5) is 0 Å². The number of carbonyl (C=O) groups excluding carboxylic acids is 2. The summed E-state index contributed by atoms with van der Waals surface area (Å²) in [5.41, 5.74) is -1.11. The zero-order chi connectivity index (χ0) is 17.0. The van der Waals surface area contributed by atoms with E-state index < -0.39 is 5.41 Å². The van der Waals surface area contributed by atoms with Crippen molar-refractivity contribution in [1.82, 2.24) is 0 Å². The van der Waals surface area contributed by atoms with E-state index >= 15 is 0 Å². The van der Waals surface area contributed by atoms with Gasteiger partial charge >= 0.3 is 11.9 Å². The van der Waals surface area contributed by atoms with Crippen molar-refractivity contribution in [2.45, 2.75) is 85.7 Å². The van der Waals surface area contributed by atoms with Gasteiger partial charge in [0.1, 0.15) is 12.2 Å². The van der Waals surface area contributed by atoms with Crippen LogP contribution in [-0.4, -0.2) is 24.1 Å². The Morgan fingerprint density at radius 2 is 1.55 bits per heavy atom. The molecule has 0 aromatic rings. The van der Waals surface area contributed by atoms with Crippen molar-refractivity contribution in [2.24, 2.45) is 10.8 Å². The van der Waals surface area contributed by atoms with E-state index in [0.717, 1.165) is 25.7 Å². The molecule has 0 heterocycles. The maximum absolute atomic E-state index is 12.2. The van der Waals surface area contributed by atoms with Gasteiger partial charge in [-0.05, 0) is 51.9 Å². The maximum atomic E-state index is 12.2. The molecule has 0 atom stereocenters. The number of rotatable bonds is 5. The number of ether oxygens (including phenoxy) is 2. The average molecular weight is 312 g/mol. The smallest absolute Gasteiger partial charge is 0.312 e. The molecular weight excluding hydrogens is 280 g/mol. The van der Waals surface area contributed by atoms with Crippen LogP contribution in [0.1, 0.15) is 80.1 Å². The molecular formula is C18H32O4. The van der Waals surface area contributed by atoms with Crippen molar-refractivity contribution in [3.8, 4) is 0 Å². The summed E-state index contributed by atoms with van der Waals surface area (Å²) in [5, 5.41) is 0. The van der Waals surface area contributed by atoms with Crippen LogP contribution in [0.3, 0.4) is 0 Å². The highest BCUT2D eigenvalue weighted by Crippen LogP contribution is 2.38. The summed E-state index contributed by atoms with van der Waals surface area (Å²) in [7, 11) is 0. The van der Waals surface area contributed by atoms with Crippen LogP contribution >= 0.6 is 0 Å². The first-order valence-electron chi connectivity index (χ1n) is 8.37. The van der Waals surface area contributed by atoms with Crippen molar-refractivity contribution < 1.29 is 19.1 Å². The second-order valence-corrected chi connectivity index (χ2v) is 8.25. The van der Waals surface area contributed by atoms with Gasteiger partial charge in [-0.15, -0.1) is 0 Å². The molecule has 0 spiro atoms. The van der Waals surface area contributed by atoms with E-state index in [0.29, 0.717) is 0 Å². The van der Waals surface area contributed by atoms with Crippen molar-refractivity contribution in [3.05, 3.63) is 0 Å². The van der Waals surface area contributed by atoms with Gasteiger partial charge in [0.05, 0.1) is 11.8 Å². The summed E-state index contributed by atoms with van der Waals surface area (Å²) in [6, 6.07) is 0. The molecule has 1 rings (SSSR count). The number of carbonyl (C=O) groups is 2. The van der Waals surface area contributed by atoms with Gasteiger partial charge in [0.15, 0.2) is 0 Å². The van der Waals surface area contributed by atoms with E-state index in [-0.39, 0.29) is 36.0 Å². The molecule has 0 bridgehead atoms. The van der Waals surface area contributed by atoms with Crippen LogP contribution < -0.4 is 0 Å². The molecule has 0 aromatic carbocycles. The number of hydrogen-bond acceptors (Lipinski definition) is 4. The molecule has 1 aliphatic rings. The van der Waals surface area contributed by atoms with E-state index in [2.05, 4.69) is 0 Å². The van der Waals surface area contributed by atoms with Gasteiger partial charge in [-0.25, -0.2) is 0 Å². The van der Waals surface area contributed by atoms with Crippen LogP contribution in [0.2, 0.25) is 0 Å². The first-order chi connectivity index (χ1) is 9.98. The monoisotopic (exact) mass is 312 g/mol. The van der Waals surface area contributed by atoms with Crippen LogP contribution in [0.15, 0.2) is 0 Å². The van der Waals surface area contributed by atoms with Gasteiger partial charge in [-0.1, -0.05) is 27.2 Å². The molecule has 0 aliphatic heterocycles. The van der Waals surface area contributed by atoms with Gasteiger partial charge in [-0.3, -0.25) is 9.59 Å². The normalized spacial score (nSPS) is 18.6. The van der Waals surface area contributed by atoms with E-state index in [1.807, 2.05) is 41.5 Å². The third-order valence-corrected chi connectivity index (χ3v) is 5.20. The summed E-state index contributed by atoms with van der Waals surface area (Å²) in [6.07, 6.45) is 5.41. The highest BCUT2D eigenvalue weighted by molar-refractivity contribution is 5.77. The predicted molar refractivity (Wildman–Crippen MR) is 86.4 cm³/mol. The highest BCUT2D eigenvalue weighted by Gasteiger charge is 2.41. The zero-order valence-electron chi connectivity index (χ0n) is 15.1. The van der Waals surface area contributed by atoms with Crippen LogP contribution in [-0.2, 0) is 19.1 Å². The minimum absolute atomic E-state index is 0.0905. The standard InChI is InChI=1S/C18H32O4/c1-16(2,3)17(4,5)15(20)21-13-10-14(19)22-18(6)11-8-7-9-12-18/h7-13H2,1-6H3. The van der Waals surface area contributed by atoms with Crippen LogP contribution in [0, 0.1) is 10.8 Å². The lowest BCUT2D eigenvalue weighted by Gasteiger charge is -2.36. The van der Waals surface area contributed by atoms with Gasteiger partial charge < -0.3 is 9.47 Å². The third-order valence-electron chi connectivity index (χ3n) is 5.20. The Hall–Kier alpha value is -1.06. The molecule has 1 aliphatic carbocycles. The SMILES string of the molecule is CC1(OC(=O)CCOC(=O)C(C)(C)C(C)(C)C)CCCCC1. The molecule has 0 saturated heterocycles. The molecule has 4 nitrogen and oxygen atoms in total. The first kappa shape index (κ1) is 19.0. The van der Waals surface area contributed by atoms with Gasteiger partial charge in [0.2, 0.25) is 0 Å². The molecule has 128 valence electrons. The molecule has 22 heavy (non-hydrogen) atoms. The molecule has 0 unspecified atom stereocenters. The molecule has 0 amide bonds. The molecule has 1 fully saturated rings. The Bertz CT molecular complexity index is 398. The first-order valence-corrected chi connectivity index (χ1v) is 8.37. The summed E-state index contributed by atoms with van der Waals surface area (Å²) < 4.78 is 10.9. The Morgan fingerprint density at radius 1 is 1.00 bits per heavy atom. The van der Waals surface area contributed by atoms with E-state index in [4.69, 9.17) is 9.47 Å². The fourth-order valence-corrected chi connectivity index (χ4v) is 2.44. The maximum Gasteiger partial charge on any atom is 0.312 e. The van der Waals surface area contributed by atoms with Gasteiger partial charge in [-0.2, -0.15) is 0 Å². The second-order valence-electron chi connectivity index (χ2n) is 8.25. The Labute approximate surface area is 134 Å². The predicted octanol–water partition coefficient (Wildman–Crippen LogP) is 4.26. The summed E-state index contributed by atoms with van der Waals surface area (Å²) >= 11 is 0. The largest absolute Gasteiger partial charge is 0.465 e. The van der Waals surface area contributed by atoms with Crippen LogP contribution in [0.5, 0.6) is 0 Å². The summed E-state index contributed by atoms with van der Waals surface area (Å²) in [5.74, 6) is -0.539. The molecule has 0 radical (unpaired) electrons. The second kappa shape index (κ2) is 7.01. The van der Waals surface area contributed by atoms with E-state index in [1.54, 1.807) is 0 Å². The van der Waals surface area contributed by atoms with Crippen molar-refractivity contribution in [2.75, 3.05) is 6.61 Å². The summed E-state index contributed by atoms with van der Waals surface area (Å²) in [6.45, 7) is 11.9. The zero-order valence-corrected chi connectivity index (χ0v) is 15.1. The lowest BCUT2D eigenvalue weighted by atomic mass is 9.69. The molecule has 1 saturated carbocycles. The molecule has 4 heteroatoms. The summed E-state index contributed by atoms with van der Waals surface area (Å²) in [4.78, 5) is 24.1. The number of esters is 2. The minimum atomic E-state index is -0.591. The fraction of sp³-hybridized carbons (Fsp3) is 0.889. The van der Waals surface area contributed by atoms with E-state index in [9.17, 15) is 9.59 Å². The Morgan fingerprint density at radius 3 is 2.05 bits per heavy atom. The van der Waals surface area contributed by atoms with Crippen molar-refractivity contribution in [3.63, 3.8) is 0 Å². The Balaban J connectivity index is 2.38. The third kappa shape index (κ3) is 4.99.